The normalized spacial score (nSPS) is 21.6. The summed E-state index contributed by atoms with van der Waals surface area (Å²) in [5.41, 5.74) is 1.37. The van der Waals surface area contributed by atoms with Gasteiger partial charge in [0.05, 0.1) is 18.8 Å². The number of guanidine groups is 1. The molecule has 2 atom stereocenters. The fraction of sp³-hybridized carbons (Fsp3) is 0.591. The summed E-state index contributed by atoms with van der Waals surface area (Å²) in [5.74, 6) is 1.01. The van der Waals surface area contributed by atoms with Gasteiger partial charge in [0.25, 0.3) is 0 Å². The average Bonchev–Trinajstić information content (AvgIpc) is 3.44. The summed E-state index contributed by atoms with van der Waals surface area (Å²) in [7, 11) is 0. The molecule has 2 saturated heterocycles. The number of aromatic nitrogens is 3. The zero-order chi connectivity index (χ0) is 20.6. The fourth-order valence-electron chi connectivity index (χ4n) is 4.30. The van der Waals surface area contributed by atoms with E-state index in [9.17, 15) is 0 Å². The number of ether oxygens (including phenoxy) is 1. The molecule has 0 radical (unpaired) electrons. The number of fused-ring (bicyclic) bond motifs is 1. The summed E-state index contributed by atoms with van der Waals surface area (Å²) in [5, 5.41) is 11.2. The molecule has 9 heteroatoms. The van der Waals surface area contributed by atoms with E-state index in [4.69, 9.17) is 9.73 Å². The van der Waals surface area contributed by atoms with E-state index in [0.29, 0.717) is 6.04 Å². The molecule has 0 amide bonds. The maximum atomic E-state index is 6.13. The second kappa shape index (κ2) is 12.4. The van der Waals surface area contributed by atoms with Crippen molar-refractivity contribution in [2.75, 3.05) is 39.3 Å². The van der Waals surface area contributed by atoms with Crippen LogP contribution in [0.4, 0.5) is 0 Å². The van der Waals surface area contributed by atoms with Crippen LogP contribution in [0.15, 0.2) is 48.0 Å². The Kier molecular flexibility index (Phi) is 9.54. The molecule has 1 aromatic heterocycles. The second-order valence-electron chi connectivity index (χ2n) is 7.98. The summed E-state index contributed by atoms with van der Waals surface area (Å²) >= 11 is 0. The first-order chi connectivity index (χ1) is 14.8. The molecule has 2 aliphatic heterocycles. The molecule has 1 N–H and O–H groups in total. The minimum absolute atomic E-state index is 0. The molecule has 8 nitrogen and oxygen atoms in total. The van der Waals surface area contributed by atoms with Gasteiger partial charge in [-0.05, 0) is 25.3 Å². The maximum Gasteiger partial charge on any atom is 0.194 e. The minimum Gasteiger partial charge on any atom is -0.373 e. The first-order valence-corrected chi connectivity index (χ1v) is 11.1. The van der Waals surface area contributed by atoms with E-state index in [-0.39, 0.29) is 30.1 Å². The van der Waals surface area contributed by atoms with E-state index in [1.54, 1.807) is 12.7 Å². The summed E-state index contributed by atoms with van der Waals surface area (Å²) in [6, 6.07) is 11.2. The standard InChI is InChI=1S/C22H33N7O.HI/c1-2-23-22(24-10-6-7-11-27-17-25-26-18-27)29-15-20-21(16-29)30-13-12-28(20)14-19-8-4-3-5-9-19;/h3-5,8-9,17-18,20-21H,2,6-7,10-16H2,1H3,(H,23,24);1H. The number of halogens is 1. The number of hydrogen-bond donors (Lipinski definition) is 1. The average molecular weight is 539 g/mol. The van der Waals surface area contributed by atoms with Crippen LogP contribution < -0.4 is 5.32 Å². The third-order valence-corrected chi connectivity index (χ3v) is 5.83. The molecule has 31 heavy (non-hydrogen) atoms. The third kappa shape index (κ3) is 6.63. The molecule has 2 fully saturated rings. The van der Waals surface area contributed by atoms with Crippen LogP contribution in [0.2, 0.25) is 0 Å². The van der Waals surface area contributed by atoms with Crippen molar-refractivity contribution in [1.82, 2.24) is 29.9 Å². The van der Waals surface area contributed by atoms with Crippen molar-refractivity contribution in [2.45, 2.75) is 45.0 Å². The van der Waals surface area contributed by atoms with Gasteiger partial charge >= 0.3 is 0 Å². The smallest absolute Gasteiger partial charge is 0.194 e. The first kappa shape index (κ1) is 23.9. The summed E-state index contributed by atoms with van der Waals surface area (Å²) in [6.45, 7) is 9.41. The van der Waals surface area contributed by atoms with Gasteiger partial charge in [-0.15, -0.1) is 34.2 Å². The quantitative estimate of drug-likeness (QED) is 0.240. The number of aliphatic imine (C=N–C) groups is 1. The van der Waals surface area contributed by atoms with Gasteiger partial charge in [0.15, 0.2) is 5.96 Å². The van der Waals surface area contributed by atoms with Crippen molar-refractivity contribution in [3.8, 4) is 0 Å². The Hall–Kier alpha value is -1.72. The molecule has 0 saturated carbocycles. The number of nitrogens with zero attached hydrogens (tertiary/aromatic N) is 6. The topological polar surface area (TPSA) is 70.8 Å². The van der Waals surface area contributed by atoms with Crippen LogP contribution in [0.5, 0.6) is 0 Å². The molecular weight excluding hydrogens is 505 g/mol. The highest BCUT2D eigenvalue weighted by molar-refractivity contribution is 14.0. The highest BCUT2D eigenvalue weighted by Crippen LogP contribution is 2.24. The second-order valence-corrected chi connectivity index (χ2v) is 7.98. The lowest BCUT2D eigenvalue weighted by molar-refractivity contribution is -0.0502. The molecule has 1 aromatic carbocycles. The molecule has 170 valence electrons. The van der Waals surface area contributed by atoms with Crippen molar-refractivity contribution in [1.29, 1.82) is 0 Å². The van der Waals surface area contributed by atoms with E-state index in [0.717, 1.165) is 71.2 Å². The molecule has 2 aromatic rings. The number of nitrogens with one attached hydrogen (secondary N) is 1. The largest absolute Gasteiger partial charge is 0.373 e. The van der Waals surface area contributed by atoms with Gasteiger partial charge in [-0.3, -0.25) is 9.89 Å². The van der Waals surface area contributed by atoms with Gasteiger partial charge in [-0.2, -0.15) is 0 Å². The van der Waals surface area contributed by atoms with Gasteiger partial charge in [0, 0.05) is 45.8 Å². The van der Waals surface area contributed by atoms with Gasteiger partial charge in [-0.25, -0.2) is 0 Å². The number of benzene rings is 1. The first-order valence-electron chi connectivity index (χ1n) is 11.1. The lowest BCUT2D eigenvalue weighted by atomic mass is 10.1. The van der Waals surface area contributed by atoms with Crippen LogP contribution in [0.3, 0.4) is 0 Å². The zero-order valence-electron chi connectivity index (χ0n) is 18.3. The van der Waals surface area contributed by atoms with Gasteiger partial charge < -0.3 is 19.5 Å². The molecular formula is C22H34IN7O. The zero-order valence-corrected chi connectivity index (χ0v) is 20.6. The monoisotopic (exact) mass is 539 g/mol. The molecule has 0 bridgehead atoms. The highest BCUT2D eigenvalue weighted by atomic mass is 127. The van der Waals surface area contributed by atoms with Crippen LogP contribution in [0.25, 0.3) is 0 Å². The number of morpholine rings is 1. The van der Waals surface area contributed by atoms with Gasteiger partial charge in [-0.1, -0.05) is 30.3 Å². The molecule has 3 heterocycles. The molecule has 2 aliphatic rings. The van der Waals surface area contributed by atoms with Crippen LogP contribution in [0.1, 0.15) is 25.3 Å². The number of aryl methyl sites for hydroxylation is 1. The highest BCUT2D eigenvalue weighted by Gasteiger charge is 2.41. The Bertz CT molecular complexity index is 786. The predicted octanol–water partition coefficient (Wildman–Crippen LogP) is 2.23. The van der Waals surface area contributed by atoms with Crippen LogP contribution in [-0.4, -0.2) is 82.0 Å². The van der Waals surface area contributed by atoms with E-state index in [1.807, 2.05) is 4.57 Å². The van der Waals surface area contributed by atoms with Crippen molar-refractivity contribution in [3.05, 3.63) is 48.5 Å². The van der Waals surface area contributed by atoms with Gasteiger partial charge in [0.1, 0.15) is 12.7 Å². The Morgan fingerprint density at radius 1 is 1.16 bits per heavy atom. The SMILES string of the molecule is CCNC(=NCCCCn1cnnc1)N1CC2OCCN(Cc3ccccc3)C2C1.I. The summed E-state index contributed by atoms with van der Waals surface area (Å²) < 4.78 is 8.14. The number of hydrogen-bond acceptors (Lipinski definition) is 5. The van der Waals surface area contributed by atoms with Gasteiger partial charge in [0.2, 0.25) is 0 Å². The summed E-state index contributed by atoms with van der Waals surface area (Å²) in [6.07, 6.45) is 5.89. The van der Waals surface area contributed by atoms with E-state index in [2.05, 4.69) is 62.6 Å². The molecule has 0 spiro atoms. The molecule has 4 rings (SSSR count). The lowest BCUT2D eigenvalue weighted by Gasteiger charge is -2.36. The number of unbranched alkanes of at least 4 members (excludes halogenated alkanes) is 1. The Morgan fingerprint density at radius 2 is 1.97 bits per heavy atom. The van der Waals surface area contributed by atoms with E-state index in [1.165, 1.54) is 5.56 Å². The number of likely N-dealkylation sites (tertiary alicyclic amines) is 1. The Balaban J connectivity index is 0.00000272. The molecule has 2 unspecified atom stereocenters. The van der Waals surface area contributed by atoms with E-state index < -0.39 is 0 Å². The van der Waals surface area contributed by atoms with Crippen LogP contribution in [-0.2, 0) is 17.8 Å². The van der Waals surface area contributed by atoms with Crippen molar-refractivity contribution < 1.29 is 4.74 Å². The summed E-state index contributed by atoms with van der Waals surface area (Å²) in [4.78, 5) is 9.85. The van der Waals surface area contributed by atoms with Crippen molar-refractivity contribution >= 4 is 29.9 Å². The fourth-order valence-corrected chi connectivity index (χ4v) is 4.30. The minimum atomic E-state index is 0. The molecule has 0 aliphatic carbocycles. The number of rotatable bonds is 8. The third-order valence-electron chi connectivity index (χ3n) is 5.83. The lowest BCUT2D eigenvalue weighted by Crippen LogP contribution is -2.50. The van der Waals surface area contributed by atoms with Crippen molar-refractivity contribution in [2.24, 2.45) is 4.99 Å². The predicted molar refractivity (Wildman–Crippen MR) is 133 cm³/mol. The van der Waals surface area contributed by atoms with E-state index >= 15 is 0 Å². The van der Waals surface area contributed by atoms with Crippen LogP contribution in [0, 0.1) is 0 Å². The Labute approximate surface area is 202 Å². The van der Waals surface area contributed by atoms with Crippen LogP contribution >= 0.6 is 24.0 Å². The van der Waals surface area contributed by atoms with Crippen molar-refractivity contribution in [3.63, 3.8) is 0 Å². The Morgan fingerprint density at radius 3 is 2.74 bits per heavy atom. The maximum absolute atomic E-state index is 6.13.